The maximum absolute atomic E-state index is 13.1. The first-order valence-corrected chi connectivity index (χ1v) is 11.3. The minimum Gasteiger partial charge on any atom is -0.450 e. The van der Waals surface area contributed by atoms with Crippen molar-refractivity contribution in [2.45, 2.75) is 6.18 Å². The SMILES string of the molecule is O=C1C(=Cc2cccc(Oc3ccc([N+](=O)[O-])cc3[N+](=O)[O-])c2)SC(=S)N1c1cccc(C(F)(F)F)c1. The quantitative estimate of drug-likeness (QED) is 0.145. The van der Waals surface area contributed by atoms with Gasteiger partial charge in [-0.25, -0.2) is 0 Å². The lowest BCUT2D eigenvalue weighted by atomic mass is 10.1. The third-order valence-electron chi connectivity index (χ3n) is 4.96. The van der Waals surface area contributed by atoms with Gasteiger partial charge in [0.05, 0.1) is 32.1 Å². The van der Waals surface area contributed by atoms with Crippen LogP contribution in [0.3, 0.4) is 0 Å². The number of anilines is 1. The molecule has 4 rings (SSSR count). The first-order chi connectivity index (χ1) is 17.4. The first kappa shape index (κ1) is 25.8. The molecule has 3 aromatic rings. The Bertz CT molecular complexity index is 1490. The monoisotopic (exact) mass is 547 g/mol. The van der Waals surface area contributed by atoms with E-state index in [9.17, 15) is 38.2 Å². The third kappa shape index (κ3) is 5.59. The van der Waals surface area contributed by atoms with Crippen LogP contribution in [0.5, 0.6) is 11.5 Å². The van der Waals surface area contributed by atoms with Crippen LogP contribution in [0, 0.1) is 20.2 Å². The van der Waals surface area contributed by atoms with Crippen LogP contribution in [0.25, 0.3) is 6.08 Å². The summed E-state index contributed by atoms with van der Waals surface area (Å²) in [5, 5.41) is 22.3. The molecule has 1 heterocycles. The summed E-state index contributed by atoms with van der Waals surface area (Å²) in [7, 11) is 0. The Labute approximate surface area is 215 Å². The van der Waals surface area contributed by atoms with E-state index in [1.54, 1.807) is 12.1 Å². The first-order valence-electron chi connectivity index (χ1n) is 10.1. The van der Waals surface area contributed by atoms with Gasteiger partial charge in [0.1, 0.15) is 5.75 Å². The summed E-state index contributed by atoms with van der Waals surface area (Å²) >= 11 is 6.12. The second kappa shape index (κ2) is 9.99. The lowest BCUT2D eigenvalue weighted by molar-refractivity contribution is -0.394. The summed E-state index contributed by atoms with van der Waals surface area (Å²) in [6.07, 6.45) is -3.14. The van der Waals surface area contributed by atoms with Crippen molar-refractivity contribution in [3.05, 3.63) is 103 Å². The molecular formula is C23H12F3N3O6S2. The van der Waals surface area contributed by atoms with Crippen LogP contribution in [0.4, 0.5) is 30.2 Å². The minimum atomic E-state index is -4.59. The lowest BCUT2D eigenvalue weighted by Crippen LogP contribution is -2.27. The number of non-ortho nitro benzene ring substituents is 1. The van der Waals surface area contributed by atoms with E-state index in [2.05, 4.69) is 0 Å². The highest BCUT2D eigenvalue weighted by Crippen LogP contribution is 2.39. The molecule has 0 spiro atoms. The Morgan fingerprint density at radius 3 is 2.38 bits per heavy atom. The van der Waals surface area contributed by atoms with Crippen molar-refractivity contribution < 1.29 is 32.5 Å². The van der Waals surface area contributed by atoms with Gasteiger partial charge in [0.2, 0.25) is 5.75 Å². The van der Waals surface area contributed by atoms with Crippen molar-refractivity contribution in [2.24, 2.45) is 0 Å². The number of halogens is 3. The molecule has 14 heteroatoms. The molecule has 3 aromatic carbocycles. The van der Waals surface area contributed by atoms with Gasteiger partial charge in [-0.15, -0.1) is 0 Å². The van der Waals surface area contributed by atoms with Gasteiger partial charge in [-0.05, 0) is 48.0 Å². The standard InChI is InChI=1S/C23H12F3N3O6S2/c24-23(25,26)14-4-2-5-15(11-14)27-21(30)20(37-22(27)36)10-13-3-1-6-17(9-13)35-19-8-7-16(28(31)32)12-18(19)29(33)34/h1-12H. The summed E-state index contributed by atoms with van der Waals surface area (Å²) in [6, 6.07) is 13.3. The van der Waals surface area contributed by atoms with E-state index in [-0.39, 0.29) is 26.4 Å². The fourth-order valence-electron chi connectivity index (χ4n) is 3.31. The number of rotatable bonds is 6. The summed E-state index contributed by atoms with van der Waals surface area (Å²) in [6.45, 7) is 0. The minimum absolute atomic E-state index is 0.0247. The Morgan fingerprint density at radius 2 is 1.70 bits per heavy atom. The smallest absolute Gasteiger partial charge is 0.416 e. The zero-order valence-electron chi connectivity index (χ0n) is 18.2. The molecule has 0 atom stereocenters. The summed E-state index contributed by atoms with van der Waals surface area (Å²) < 4.78 is 44.9. The molecule has 1 aliphatic heterocycles. The third-order valence-corrected chi connectivity index (χ3v) is 6.26. The highest BCUT2D eigenvalue weighted by atomic mass is 32.2. The molecule has 0 bridgehead atoms. The Hall–Kier alpha value is -4.30. The van der Waals surface area contributed by atoms with Crippen LogP contribution >= 0.6 is 24.0 Å². The van der Waals surface area contributed by atoms with E-state index in [1.807, 2.05) is 0 Å². The molecule has 0 aliphatic carbocycles. The fraction of sp³-hybridized carbons (Fsp3) is 0.0435. The number of carbonyl (C=O) groups excluding carboxylic acids is 1. The van der Waals surface area contributed by atoms with Crippen LogP contribution in [-0.2, 0) is 11.0 Å². The zero-order chi connectivity index (χ0) is 26.9. The number of nitro benzene ring substituents is 2. The molecule has 188 valence electrons. The van der Waals surface area contributed by atoms with E-state index in [0.717, 1.165) is 47.0 Å². The van der Waals surface area contributed by atoms with Crippen LogP contribution in [0.2, 0.25) is 0 Å². The van der Waals surface area contributed by atoms with Gasteiger partial charge in [0.25, 0.3) is 11.6 Å². The van der Waals surface area contributed by atoms with Crippen molar-refractivity contribution in [1.29, 1.82) is 0 Å². The van der Waals surface area contributed by atoms with Gasteiger partial charge in [-0.3, -0.25) is 29.9 Å². The maximum Gasteiger partial charge on any atom is 0.416 e. The molecule has 0 unspecified atom stereocenters. The van der Waals surface area contributed by atoms with Gasteiger partial charge in [0, 0.05) is 6.07 Å². The number of alkyl halides is 3. The summed E-state index contributed by atoms with van der Waals surface area (Å²) in [5.74, 6) is -0.714. The van der Waals surface area contributed by atoms with Crippen molar-refractivity contribution >= 4 is 57.3 Å². The number of hydrogen-bond donors (Lipinski definition) is 0. The predicted octanol–water partition coefficient (Wildman–Crippen LogP) is 6.72. The van der Waals surface area contributed by atoms with Crippen molar-refractivity contribution in [3.8, 4) is 11.5 Å². The number of nitrogens with zero attached hydrogens (tertiary/aromatic N) is 3. The Balaban J connectivity index is 1.60. The number of carbonyl (C=O) groups is 1. The molecule has 1 saturated heterocycles. The van der Waals surface area contributed by atoms with E-state index >= 15 is 0 Å². The van der Waals surface area contributed by atoms with E-state index in [0.29, 0.717) is 5.56 Å². The predicted molar refractivity (Wildman–Crippen MR) is 133 cm³/mol. The van der Waals surface area contributed by atoms with Crippen LogP contribution in [0.1, 0.15) is 11.1 Å². The normalized spacial score (nSPS) is 14.8. The average Bonchev–Trinajstić information content (AvgIpc) is 3.11. The average molecular weight is 547 g/mol. The topological polar surface area (TPSA) is 116 Å². The summed E-state index contributed by atoms with van der Waals surface area (Å²) in [4.78, 5) is 34.8. The lowest BCUT2D eigenvalue weighted by Gasteiger charge is -2.16. The molecule has 9 nitrogen and oxygen atoms in total. The molecule has 0 radical (unpaired) electrons. The molecule has 37 heavy (non-hydrogen) atoms. The largest absolute Gasteiger partial charge is 0.450 e. The molecule has 1 aliphatic rings. The van der Waals surface area contributed by atoms with Gasteiger partial charge in [-0.1, -0.05) is 42.2 Å². The zero-order valence-corrected chi connectivity index (χ0v) is 19.8. The number of hydrogen-bond acceptors (Lipinski definition) is 8. The van der Waals surface area contributed by atoms with Gasteiger partial charge < -0.3 is 4.74 Å². The van der Waals surface area contributed by atoms with Crippen LogP contribution in [-0.4, -0.2) is 20.1 Å². The highest BCUT2D eigenvalue weighted by molar-refractivity contribution is 8.27. The fourth-order valence-corrected chi connectivity index (χ4v) is 4.61. The maximum atomic E-state index is 13.1. The van der Waals surface area contributed by atoms with Gasteiger partial charge in [0.15, 0.2) is 4.32 Å². The Morgan fingerprint density at radius 1 is 0.973 bits per heavy atom. The van der Waals surface area contributed by atoms with E-state index in [4.69, 9.17) is 17.0 Å². The number of ether oxygens (including phenoxy) is 1. The molecule has 0 aromatic heterocycles. The molecule has 0 saturated carbocycles. The number of amides is 1. The number of thioether (sulfide) groups is 1. The molecule has 0 N–H and O–H groups in total. The molecule has 1 amide bonds. The van der Waals surface area contributed by atoms with Gasteiger partial charge in [-0.2, -0.15) is 13.2 Å². The number of benzene rings is 3. The number of nitro groups is 2. The van der Waals surface area contributed by atoms with E-state index < -0.39 is 38.9 Å². The van der Waals surface area contributed by atoms with Crippen molar-refractivity contribution in [1.82, 2.24) is 0 Å². The second-order valence-electron chi connectivity index (χ2n) is 7.41. The van der Waals surface area contributed by atoms with Crippen LogP contribution in [0.15, 0.2) is 71.6 Å². The molecular weight excluding hydrogens is 535 g/mol. The Kier molecular flexibility index (Phi) is 6.96. The highest BCUT2D eigenvalue weighted by Gasteiger charge is 2.36. The van der Waals surface area contributed by atoms with Crippen LogP contribution < -0.4 is 9.64 Å². The summed E-state index contributed by atoms with van der Waals surface area (Å²) in [5.41, 5.74) is -1.60. The van der Waals surface area contributed by atoms with E-state index in [1.165, 1.54) is 30.3 Å². The molecule has 1 fully saturated rings. The van der Waals surface area contributed by atoms with Crippen molar-refractivity contribution in [2.75, 3.05) is 4.90 Å². The van der Waals surface area contributed by atoms with Gasteiger partial charge >= 0.3 is 11.9 Å². The van der Waals surface area contributed by atoms with Crippen molar-refractivity contribution in [3.63, 3.8) is 0 Å². The number of thiocarbonyl (C=S) groups is 1. The second-order valence-corrected chi connectivity index (χ2v) is 9.08.